The molecule has 2 aromatic rings. The molecular weight excluding hydrogens is 319 g/mol. The van der Waals surface area contributed by atoms with Gasteiger partial charge in [-0.3, -0.25) is 0 Å². The fourth-order valence-electron chi connectivity index (χ4n) is 3.57. The number of aryl methyl sites for hydroxylation is 1. The third-order valence-corrected chi connectivity index (χ3v) is 5.22. The van der Waals surface area contributed by atoms with Crippen LogP contribution >= 0.6 is 0 Å². The third-order valence-electron chi connectivity index (χ3n) is 5.22. The normalized spacial score (nSPS) is 16.6. The average Bonchev–Trinajstić information content (AvgIpc) is 2.68. The van der Waals surface area contributed by atoms with Gasteiger partial charge in [0.1, 0.15) is 5.82 Å². The molecule has 2 aromatic carbocycles. The zero-order valence-electron chi connectivity index (χ0n) is 15.8. The van der Waals surface area contributed by atoms with Gasteiger partial charge in [-0.2, -0.15) is 0 Å². The number of allylic oxidation sites excluding steroid dienone is 2. The summed E-state index contributed by atoms with van der Waals surface area (Å²) in [5.41, 5.74) is 4.82. The van der Waals surface area contributed by atoms with Crippen LogP contribution in [0, 0.1) is 23.6 Å². The van der Waals surface area contributed by atoms with Gasteiger partial charge in [-0.05, 0) is 66.5 Å². The Kier molecular flexibility index (Phi) is 6.29. The Balaban J connectivity index is 1.70. The van der Waals surface area contributed by atoms with Gasteiger partial charge >= 0.3 is 0 Å². The van der Waals surface area contributed by atoms with Gasteiger partial charge in [-0.25, -0.2) is 4.39 Å². The first kappa shape index (κ1) is 18.5. The summed E-state index contributed by atoms with van der Waals surface area (Å²) in [6.45, 7) is 4.29. The van der Waals surface area contributed by atoms with E-state index >= 15 is 0 Å². The minimum Gasteiger partial charge on any atom is -0.206 e. The molecule has 0 radical (unpaired) electrons. The molecule has 0 N–H and O–H groups in total. The van der Waals surface area contributed by atoms with Crippen molar-refractivity contribution in [1.29, 1.82) is 0 Å². The molecule has 26 heavy (non-hydrogen) atoms. The Labute approximate surface area is 157 Å². The predicted molar refractivity (Wildman–Crippen MR) is 108 cm³/mol. The van der Waals surface area contributed by atoms with E-state index in [-0.39, 0.29) is 5.82 Å². The highest BCUT2D eigenvalue weighted by atomic mass is 19.1. The van der Waals surface area contributed by atoms with Crippen LogP contribution in [0.5, 0.6) is 0 Å². The molecule has 1 aliphatic carbocycles. The maximum Gasteiger partial charge on any atom is 0.131 e. The van der Waals surface area contributed by atoms with E-state index < -0.39 is 0 Å². The van der Waals surface area contributed by atoms with Crippen LogP contribution in [-0.2, 0) is 6.42 Å². The maximum absolute atomic E-state index is 14.3. The lowest BCUT2D eigenvalue weighted by Gasteiger charge is -2.18. The van der Waals surface area contributed by atoms with Crippen molar-refractivity contribution in [3.05, 3.63) is 71.1 Å². The molecule has 0 saturated carbocycles. The molecule has 0 spiro atoms. The van der Waals surface area contributed by atoms with E-state index in [2.05, 4.69) is 24.8 Å². The topological polar surface area (TPSA) is 0 Å². The van der Waals surface area contributed by atoms with Crippen LogP contribution in [0.25, 0.3) is 11.1 Å². The molecule has 0 nitrogen and oxygen atoms in total. The lowest BCUT2D eigenvalue weighted by Crippen LogP contribution is -2.04. The number of hydrogen-bond acceptors (Lipinski definition) is 0. The minimum absolute atomic E-state index is 0.155. The van der Waals surface area contributed by atoms with E-state index in [0.717, 1.165) is 35.4 Å². The van der Waals surface area contributed by atoms with Crippen LogP contribution in [0.4, 0.5) is 4.39 Å². The van der Waals surface area contributed by atoms with Gasteiger partial charge in [0.15, 0.2) is 0 Å². The monoisotopic (exact) mass is 346 g/mol. The number of halogens is 1. The second kappa shape index (κ2) is 8.86. The van der Waals surface area contributed by atoms with Gasteiger partial charge < -0.3 is 0 Å². The zero-order chi connectivity index (χ0) is 18.4. The Bertz CT molecular complexity index is 831. The first-order valence-electron chi connectivity index (χ1n) is 9.79. The van der Waals surface area contributed by atoms with Crippen LogP contribution in [0.3, 0.4) is 0 Å². The van der Waals surface area contributed by atoms with E-state index in [1.165, 1.54) is 31.3 Å². The largest absolute Gasteiger partial charge is 0.206 e. The Morgan fingerprint density at radius 3 is 2.46 bits per heavy atom. The van der Waals surface area contributed by atoms with Crippen molar-refractivity contribution < 1.29 is 4.39 Å². The molecule has 0 amide bonds. The SMILES string of the molecule is CCCC1CC=C(C#Cc2ccc(-c3ccc(CC)cc3F)cc2)CC1. The van der Waals surface area contributed by atoms with Gasteiger partial charge in [-0.1, -0.05) is 68.9 Å². The summed E-state index contributed by atoms with van der Waals surface area (Å²) in [4.78, 5) is 0. The zero-order valence-corrected chi connectivity index (χ0v) is 15.8. The molecule has 0 fully saturated rings. The van der Waals surface area contributed by atoms with Crippen LogP contribution in [0.15, 0.2) is 54.1 Å². The first-order valence-corrected chi connectivity index (χ1v) is 9.79. The minimum atomic E-state index is -0.155. The Morgan fingerprint density at radius 1 is 1.04 bits per heavy atom. The molecule has 0 bridgehead atoms. The highest BCUT2D eigenvalue weighted by Crippen LogP contribution is 2.27. The molecule has 0 saturated heterocycles. The van der Waals surface area contributed by atoms with Crippen molar-refractivity contribution in [1.82, 2.24) is 0 Å². The third kappa shape index (κ3) is 4.64. The second-order valence-electron chi connectivity index (χ2n) is 7.15. The molecule has 1 atom stereocenters. The quantitative estimate of drug-likeness (QED) is 0.526. The van der Waals surface area contributed by atoms with Crippen LogP contribution < -0.4 is 0 Å². The summed E-state index contributed by atoms with van der Waals surface area (Å²) in [7, 11) is 0. The molecule has 0 aliphatic heterocycles. The van der Waals surface area contributed by atoms with Crippen LogP contribution in [0.2, 0.25) is 0 Å². The summed E-state index contributed by atoms with van der Waals surface area (Å²) in [5.74, 6) is 7.27. The van der Waals surface area contributed by atoms with E-state index in [1.54, 1.807) is 6.07 Å². The molecule has 1 heteroatoms. The molecule has 1 unspecified atom stereocenters. The lowest BCUT2D eigenvalue weighted by atomic mass is 9.87. The Morgan fingerprint density at radius 2 is 1.85 bits per heavy atom. The highest BCUT2D eigenvalue weighted by molar-refractivity contribution is 5.65. The summed E-state index contributed by atoms with van der Waals surface area (Å²) >= 11 is 0. The lowest BCUT2D eigenvalue weighted by molar-refractivity contribution is 0.436. The van der Waals surface area contributed by atoms with E-state index in [9.17, 15) is 4.39 Å². The van der Waals surface area contributed by atoms with Crippen molar-refractivity contribution in [2.45, 2.75) is 52.4 Å². The smallest absolute Gasteiger partial charge is 0.131 e. The summed E-state index contributed by atoms with van der Waals surface area (Å²) in [5, 5.41) is 0. The van der Waals surface area contributed by atoms with E-state index in [4.69, 9.17) is 0 Å². The molecule has 134 valence electrons. The molecule has 3 rings (SSSR count). The van der Waals surface area contributed by atoms with E-state index in [0.29, 0.717) is 5.56 Å². The summed E-state index contributed by atoms with van der Waals surface area (Å²) in [6.07, 6.45) is 9.30. The van der Waals surface area contributed by atoms with Crippen molar-refractivity contribution in [2.75, 3.05) is 0 Å². The van der Waals surface area contributed by atoms with Gasteiger partial charge in [0.05, 0.1) is 0 Å². The van der Waals surface area contributed by atoms with Gasteiger partial charge in [0.25, 0.3) is 0 Å². The van der Waals surface area contributed by atoms with Crippen LogP contribution in [0.1, 0.15) is 57.1 Å². The van der Waals surface area contributed by atoms with Crippen molar-refractivity contribution in [3.63, 3.8) is 0 Å². The fourth-order valence-corrected chi connectivity index (χ4v) is 3.57. The molecule has 0 heterocycles. The van der Waals surface area contributed by atoms with Gasteiger partial charge in [0, 0.05) is 11.1 Å². The average molecular weight is 346 g/mol. The van der Waals surface area contributed by atoms with Crippen LogP contribution in [-0.4, -0.2) is 0 Å². The Hall–Kier alpha value is -2.33. The number of rotatable bonds is 4. The summed E-state index contributed by atoms with van der Waals surface area (Å²) in [6, 6.07) is 13.4. The standard InChI is InChI=1S/C25H27F/c1-3-5-20-6-8-21(9-7-20)10-11-22-12-15-23(16-13-22)24-17-14-19(4-2)18-25(24)26/h8,12-18,20H,3-7,9H2,1-2H3. The number of benzene rings is 2. The van der Waals surface area contributed by atoms with Crippen molar-refractivity contribution in [2.24, 2.45) is 5.92 Å². The maximum atomic E-state index is 14.3. The second-order valence-corrected chi connectivity index (χ2v) is 7.15. The van der Waals surface area contributed by atoms with E-state index in [1.807, 2.05) is 43.3 Å². The van der Waals surface area contributed by atoms with Crippen molar-refractivity contribution in [3.8, 4) is 23.0 Å². The summed E-state index contributed by atoms with van der Waals surface area (Å²) < 4.78 is 14.3. The predicted octanol–water partition coefficient (Wildman–Crippen LogP) is 6.93. The van der Waals surface area contributed by atoms with Crippen molar-refractivity contribution >= 4 is 0 Å². The van der Waals surface area contributed by atoms with Gasteiger partial charge in [0.2, 0.25) is 0 Å². The fraction of sp³-hybridized carbons (Fsp3) is 0.360. The van der Waals surface area contributed by atoms with Gasteiger partial charge in [-0.15, -0.1) is 0 Å². The highest BCUT2D eigenvalue weighted by Gasteiger charge is 2.12. The molecule has 1 aliphatic rings. The first-order chi connectivity index (χ1) is 12.7. The molecule has 0 aromatic heterocycles. The number of hydrogen-bond donors (Lipinski definition) is 0. The molecular formula is C25H27F.